The molecule has 22 heavy (non-hydrogen) atoms. The van der Waals surface area contributed by atoms with Crippen molar-refractivity contribution in [3.05, 3.63) is 23.8 Å². The largest absolute Gasteiger partial charge is 0.383 e. The SMILES string of the molecule is CCc1ncc(C(=O)NCC2CC(=O)N(CCOC)C2)cn1. The average Bonchev–Trinajstić information content (AvgIpc) is 2.90. The number of carbonyl (C=O) groups is 2. The first-order valence-corrected chi connectivity index (χ1v) is 7.49. The number of rotatable bonds is 7. The van der Waals surface area contributed by atoms with E-state index < -0.39 is 0 Å². The van der Waals surface area contributed by atoms with Crippen molar-refractivity contribution >= 4 is 11.8 Å². The molecule has 1 fully saturated rings. The fourth-order valence-electron chi connectivity index (χ4n) is 2.40. The van der Waals surface area contributed by atoms with E-state index in [2.05, 4.69) is 15.3 Å². The summed E-state index contributed by atoms with van der Waals surface area (Å²) in [5.41, 5.74) is 0.442. The van der Waals surface area contributed by atoms with Gasteiger partial charge in [-0.15, -0.1) is 0 Å². The van der Waals surface area contributed by atoms with Gasteiger partial charge in [-0.1, -0.05) is 6.92 Å². The molecule has 1 unspecified atom stereocenters. The Bertz CT molecular complexity index is 518. The number of hydrogen-bond donors (Lipinski definition) is 1. The quantitative estimate of drug-likeness (QED) is 0.781. The minimum Gasteiger partial charge on any atom is -0.383 e. The van der Waals surface area contributed by atoms with Gasteiger partial charge in [-0.25, -0.2) is 9.97 Å². The minimum atomic E-state index is -0.203. The van der Waals surface area contributed by atoms with Crippen LogP contribution in [-0.4, -0.2) is 60.0 Å². The summed E-state index contributed by atoms with van der Waals surface area (Å²) >= 11 is 0. The van der Waals surface area contributed by atoms with Gasteiger partial charge in [-0.3, -0.25) is 9.59 Å². The average molecular weight is 306 g/mol. The van der Waals surface area contributed by atoms with Crippen LogP contribution in [0.1, 0.15) is 29.5 Å². The van der Waals surface area contributed by atoms with Gasteiger partial charge in [0.15, 0.2) is 0 Å². The maximum absolute atomic E-state index is 12.0. The van der Waals surface area contributed by atoms with Crippen molar-refractivity contribution in [1.29, 1.82) is 0 Å². The van der Waals surface area contributed by atoms with Crippen molar-refractivity contribution in [1.82, 2.24) is 20.2 Å². The van der Waals surface area contributed by atoms with Gasteiger partial charge in [0.05, 0.1) is 12.2 Å². The van der Waals surface area contributed by atoms with E-state index in [9.17, 15) is 9.59 Å². The Labute approximate surface area is 130 Å². The van der Waals surface area contributed by atoms with Crippen LogP contribution in [0.2, 0.25) is 0 Å². The van der Waals surface area contributed by atoms with E-state index in [4.69, 9.17) is 4.74 Å². The number of nitrogens with zero attached hydrogens (tertiary/aromatic N) is 3. The molecule has 0 saturated carbocycles. The molecule has 1 aromatic rings. The molecular formula is C15H22N4O3. The molecule has 0 radical (unpaired) electrons. The molecule has 1 N–H and O–H groups in total. The molecule has 0 spiro atoms. The van der Waals surface area contributed by atoms with E-state index in [1.807, 2.05) is 6.92 Å². The zero-order valence-corrected chi connectivity index (χ0v) is 13.0. The molecule has 0 aromatic carbocycles. The van der Waals surface area contributed by atoms with Crippen molar-refractivity contribution in [2.75, 3.05) is 33.4 Å². The summed E-state index contributed by atoms with van der Waals surface area (Å²) in [6, 6.07) is 0. The van der Waals surface area contributed by atoms with E-state index in [1.54, 1.807) is 12.0 Å². The highest BCUT2D eigenvalue weighted by atomic mass is 16.5. The Morgan fingerprint density at radius 2 is 2.18 bits per heavy atom. The monoisotopic (exact) mass is 306 g/mol. The zero-order chi connectivity index (χ0) is 15.9. The molecular weight excluding hydrogens is 284 g/mol. The second kappa shape index (κ2) is 7.84. The summed E-state index contributed by atoms with van der Waals surface area (Å²) < 4.78 is 4.98. The Morgan fingerprint density at radius 1 is 1.45 bits per heavy atom. The van der Waals surface area contributed by atoms with Crippen LogP contribution in [0.3, 0.4) is 0 Å². The van der Waals surface area contributed by atoms with Gasteiger partial charge in [-0.05, 0) is 0 Å². The molecule has 0 bridgehead atoms. The lowest BCUT2D eigenvalue weighted by atomic mass is 10.1. The highest BCUT2D eigenvalue weighted by molar-refractivity contribution is 5.93. The summed E-state index contributed by atoms with van der Waals surface area (Å²) in [6.45, 7) is 4.23. The van der Waals surface area contributed by atoms with Crippen molar-refractivity contribution in [2.45, 2.75) is 19.8 Å². The van der Waals surface area contributed by atoms with Gasteiger partial charge in [0.25, 0.3) is 5.91 Å². The molecule has 120 valence electrons. The minimum absolute atomic E-state index is 0.118. The maximum atomic E-state index is 12.0. The molecule has 1 aromatic heterocycles. The van der Waals surface area contributed by atoms with Gasteiger partial charge in [0.1, 0.15) is 5.82 Å². The van der Waals surface area contributed by atoms with Crippen LogP contribution in [0, 0.1) is 5.92 Å². The van der Waals surface area contributed by atoms with E-state index in [0.29, 0.717) is 44.0 Å². The lowest BCUT2D eigenvalue weighted by molar-refractivity contribution is -0.128. The first-order chi connectivity index (χ1) is 10.6. The number of aromatic nitrogens is 2. The third-order valence-corrected chi connectivity index (χ3v) is 3.69. The second-order valence-corrected chi connectivity index (χ2v) is 5.35. The standard InChI is InChI=1S/C15H22N4O3/c1-3-13-16-8-12(9-17-13)15(21)18-7-11-6-14(20)19(10-11)4-5-22-2/h8-9,11H,3-7,10H2,1-2H3,(H,18,21). The van der Waals surface area contributed by atoms with E-state index >= 15 is 0 Å². The highest BCUT2D eigenvalue weighted by Gasteiger charge is 2.29. The van der Waals surface area contributed by atoms with Crippen LogP contribution in [0.15, 0.2) is 12.4 Å². The van der Waals surface area contributed by atoms with Crippen LogP contribution in [-0.2, 0) is 16.0 Å². The molecule has 2 amide bonds. The topological polar surface area (TPSA) is 84.4 Å². The van der Waals surface area contributed by atoms with Crippen LogP contribution in [0.4, 0.5) is 0 Å². The highest BCUT2D eigenvalue weighted by Crippen LogP contribution is 2.16. The molecule has 7 nitrogen and oxygen atoms in total. The molecule has 7 heteroatoms. The molecule has 1 atom stereocenters. The Kier molecular flexibility index (Phi) is 5.83. The first-order valence-electron chi connectivity index (χ1n) is 7.49. The van der Waals surface area contributed by atoms with Crippen LogP contribution < -0.4 is 5.32 Å². The molecule has 1 aliphatic rings. The number of nitrogens with one attached hydrogen (secondary N) is 1. The first kappa shape index (κ1) is 16.4. The Balaban J connectivity index is 1.80. The normalized spacial score (nSPS) is 17.8. The van der Waals surface area contributed by atoms with Crippen LogP contribution in [0.25, 0.3) is 0 Å². The fraction of sp³-hybridized carbons (Fsp3) is 0.600. The van der Waals surface area contributed by atoms with Gasteiger partial charge < -0.3 is 15.0 Å². The van der Waals surface area contributed by atoms with E-state index in [0.717, 1.165) is 6.42 Å². The van der Waals surface area contributed by atoms with Crippen LogP contribution in [0.5, 0.6) is 0 Å². The number of methoxy groups -OCH3 is 1. The lowest BCUT2D eigenvalue weighted by Crippen LogP contribution is -2.32. The molecule has 2 rings (SSSR count). The number of aryl methyl sites for hydroxylation is 1. The Morgan fingerprint density at radius 3 is 2.82 bits per heavy atom. The lowest BCUT2D eigenvalue weighted by Gasteiger charge is -2.16. The summed E-state index contributed by atoms with van der Waals surface area (Å²) in [5, 5.41) is 2.85. The van der Waals surface area contributed by atoms with Crippen molar-refractivity contribution in [3.63, 3.8) is 0 Å². The Hall–Kier alpha value is -2.02. The van der Waals surface area contributed by atoms with Crippen molar-refractivity contribution in [2.24, 2.45) is 5.92 Å². The van der Waals surface area contributed by atoms with Gasteiger partial charge >= 0.3 is 0 Å². The van der Waals surface area contributed by atoms with E-state index in [1.165, 1.54) is 12.4 Å². The molecule has 2 heterocycles. The van der Waals surface area contributed by atoms with Gasteiger partial charge in [0.2, 0.25) is 5.91 Å². The fourth-order valence-corrected chi connectivity index (χ4v) is 2.40. The zero-order valence-electron chi connectivity index (χ0n) is 13.0. The number of likely N-dealkylation sites (tertiary alicyclic amines) is 1. The van der Waals surface area contributed by atoms with Crippen molar-refractivity contribution in [3.8, 4) is 0 Å². The molecule has 1 aliphatic heterocycles. The van der Waals surface area contributed by atoms with Crippen LogP contribution >= 0.6 is 0 Å². The van der Waals surface area contributed by atoms with E-state index in [-0.39, 0.29) is 17.7 Å². The number of amides is 2. The maximum Gasteiger partial charge on any atom is 0.254 e. The molecule has 0 aliphatic carbocycles. The van der Waals surface area contributed by atoms with Crippen molar-refractivity contribution < 1.29 is 14.3 Å². The predicted octanol–water partition coefficient (Wildman–Crippen LogP) is 0.264. The summed E-state index contributed by atoms with van der Waals surface area (Å²) in [5.74, 6) is 0.772. The van der Waals surface area contributed by atoms with Gasteiger partial charge in [-0.2, -0.15) is 0 Å². The number of carbonyl (C=O) groups excluding carboxylic acids is 2. The van der Waals surface area contributed by atoms with Gasteiger partial charge in [0, 0.05) is 57.9 Å². The number of ether oxygens (including phenoxy) is 1. The smallest absolute Gasteiger partial charge is 0.254 e. The number of hydrogen-bond acceptors (Lipinski definition) is 5. The molecule has 1 saturated heterocycles. The summed E-state index contributed by atoms with van der Waals surface area (Å²) in [6.07, 6.45) is 4.27. The second-order valence-electron chi connectivity index (χ2n) is 5.35. The summed E-state index contributed by atoms with van der Waals surface area (Å²) in [4.78, 5) is 33.8. The third-order valence-electron chi connectivity index (χ3n) is 3.69. The third kappa shape index (κ3) is 4.24. The predicted molar refractivity (Wildman–Crippen MR) is 80.3 cm³/mol. The summed E-state index contributed by atoms with van der Waals surface area (Å²) in [7, 11) is 1.62.